The van der Waals surface area contributed by atoms with Gasteiger partial charge in [0.25, 0.3) is 0 Å². The van der Waals surface area contributed by atoms with Gasteiger partial charge in [0.15, 0.2) is 4.29 Å². The number of rotatable bonds is 10. The minimum Gasteiger partial charge on any atom is -0.373 e. The molecule has 0 aromatic carbocycles. The van der Waals surface area contributed by atoms with Crippen LogP contribution in [0, 0.1) is 0 Å². The van der Waals surface area contributed by atoms with Crippen LogP contribution < -0.4 is 0 Å². The van der Waals surface area contributed by atoms with Crippen LogP contribution in [0.5, 0.6) is 0 Å². The molecule has 1 aliphatic heterocycles. The molecule has 1 atom stereocenters. The molecule has 0 N–H and O–H groups in total. The van der Waals surface area contributed by atoms with Crippen LogP contribution in [0.3, 0.4) is 0 Å². The molecule has 0 spiro atoms. The van der Waals surface area contributed by atoms with Crippen molar-refractivity contribution in [2.45, 2.75) is 47.0 Å². The number of epoxide rings is 1. The van der Waals surface area contributed by atoms with Gasteiger partial charge in [-0.25, -0.2) is 0 Å². The predicted octanol–water partition coefficient (Wildman–Crippen LogP) is 17.5. The van der Waals surface area contributed by atoms with Gasteiger partial charge in [-0.2, -0.15) is 0 Å². The van der Waals surface area contributed by atoms with Gasteiger partial charge >= 0.3 is 0 Å². The van der Waals surface area contributed by atoms with Gasteiger partial charge in [-0.1, -0.05) is 366 Å². The fraction of sp³-hybridized carbons (Fsp3) is 1.00. The Kier molecular flexibility index (Phi) is 19.0. The number of alkyl halides is 23. The molecule has 0 aromatic heterocycles. The number of ether oxygens (including phenoxy) is 1. The molecule has 1 fully saturated rings. The first kappa shape index (κ1) is 47.0. The van der Waals surface area contributed by atoms with E-state index in [0.717, 1.165) is 0 Å². The topological polar surface area (TPSA) is 12.5 Å². The molecule has 0 amide bonds. The number of halogens is 23. The molecule has 1 heterocycles. The van der Waals surface area contributed by atoms with E-state index < -0.39 is 34.5 Å². The quantitative estimate of drug-likeness (QED) is 0.157. The lowest BCUT2D eigenvalue weighted by molar-refractivity contribution is 0.387. The molecule has 1 aliphatic rings. The summed E-state index contributed by atoms with van der Waals surface area (Å²) in [7, 11) is 0. The normalized spacial score (nSPS) is 20.1. The zero-order valence-corrected chi connectivity index (χ0v) is 53.1. The maximum absolute atomic E-state index is 5.49. The lowest BCUT2D eigenvalue weighted by atomic mass is 10.00. The molecule has 0 aromatic rings. The van der Waals surface area contributed by atoms with Crippen molar-refractivity contribution in [1.82, 2.24) is 0 Å². The third-order valence-electron chi connectivity index (χ3n) is 4.93. The number of hydrogen-bond donors (Lipinski definition) is 0. The zero-order chi connectivity index (χ0) is 31.2. The minimum absolute atomic E-state index is 0.117. The third kappa shape index (κ3) is 8.37. The highest BCUT2D eigenvalue weighted by Crippen LogP contribution is 2.81. The lowest BCUT2D eigenvalue weighted by Gasteiger charge is -2.61. The monoisotopic (exact) mass is 2000 g/mol. The Morgan fingerprint density at radius 3 is 0.868 bits per heavy atom. The summed E-state index contributed by atoms with van der Waals surface area (Å²) in [5.41, 5.74) is 0. The van der Waals surface area contributed by atoms with Crippen molar-refractivity contribution in [2.24, 2.45) is 0 Å². The molecule has 1 saturated heterocycles. The molecule has 0 saturated carbocycles. The standard InChI is InChI=1S/C14H5Br23O/c15-4(16,1-3-2-38-3)6(18,19)8(22,23)10(26,27)12(30,31)11(28,29)9(24,25)7(20,21)5(17,13(32,33)34)14(35,36)37/h3H,1-2H2. The zero-order valence-electron chi connectivity index (χ0n) is 16.6. The molecule has 1 nitrogen and oxygen atoms in total. The van der Waals surface area contributed by atoms with E-state index in [2.05, 4.69) is 366 Å². The van der Waals surface area contributed by atoms with Crippen molar-refractivity contribution < 1.29 is 4.74 Å². The molecule has 0 radical (unpaired) electrons. The Hall–Kier alpha value is 11.0. The van der Waals surface area contributed by atoms with E-state index in [1.165, 1.54) is 0 Å². The highest BCUT2D eigenvalue weighted by atomic mass is 80.0. The van der Waals surface area contributed by atoms with Gasteiger partial charge in [-0.15, -0.1) is 0 Å². The maximum Gasteiger partial charge on any atom is 0.155 e. The van der Waals surface area contributed by atoms with Crippen LogP contribution >= 0.6 is 366 Å². The summed E-state index contributed by atoms with van der Waals surface area (Å²) >= 11 is 89.1. The third-order valence-corrected chi connectivity index (χ3v) is 48.1. The summed E-state index contributed by atoms with van der Waals surface area (Å²) < 4.78 is -5.70. The second kappa shape index (κ2) is 15.4. The van der Waals surface area contributed by atoms with E-state index in [4.69, 9.17) is 4.74 Å². The van der Waals surface area contributed by atoms with E-state index in [9.17, 15) is 0 Å². The van der Waals surface area contributed by atoms with Gasteiger partial charge in [-0.05, 0) is 0 Å². The largest absolute Gasteiger partial charge is 0.373 e. The second-order valence-electron chi connectivity index (χ2n) is 7.54. The molecule has 38 heavy (non-hydrogen) atoms. The molecule has 0 bridgehead atoms. The predicted molar refractivity (Wildman–Crippen MR) is 250 cm³/mol. The molecule has 0 aliphatic carbocycles. The Morgan fingerprint density at radius 1 is 0.395 bits per heavy atom. The van der Waals surface area contributed by atoms with Crippen LogP contribution in [0.1, 0.15) is 6.42 Å². The van der Waals surface area contributed by atoms with Crippen LogP contribution in [-0.2, 0) is 4.74 Å². The summed E-state index contributed by atoms with van der Waals surface area (Å²) in [4.78, 5) is 0. The van der Waals surface area contributed by atoms with Crippen molar-refractivity contribution in [3.63, 3.8) is 0 Å². The fourth-order valence-electron chi connectivity index (χ4n) is 2.55. The highest BCUT2D eigenvalue weighted by molar-refractivity contribution is 9.42. The SMILES string of the molecule is BrC(Br)(Br)C(Br)(C(Br)(Br)Br)C(Br)(Br)C(Br)(Br)C(Br)(Br)C(Br)(Br)C(Br)(Br)C(Br)(Br)C(Br)(Br)C(Br)(Br)CC1CO1. The van der Waals surface area contributed by atoms with Gasteiger partial charge in [0.05, 0.1) is 12.7 Å². The van der Waals surface area contributed by atoms with Gasteiger partial charge in [0.2, 0.25) is 0 Å². The molecule has 228 valence electrons. The van der Waals surface area contributed by atoms with Gasteiger partial charge < -0.3 is 4.74 Å². The Morgan fingerprint density at radius 2 is 0.632 bits per heavy atom. The first-order valence-electron chi connectivity index (χ1n) is 8.54. The van der Waals surface area contributed by atoms with Crippen LogP contribution in [-0.4, -0.2) is 47.2 Å². The summed E-state index contributed by atoms with van der Waals surface area (Å²) in [5, 5.41) is 0. The van der Waals surface area contributed by atoms with E-state index in [-0.39, 0.29) is 6.10 Å². The minimum atomic E-state index is -1.15. The second-order valence-corrected chi connectivity index (χ2v) is 50.1. The van der Waals surface area contributed by atoms with Crippen LogP contribution in [0.15, 0.2) is 0 Å². The number of hydrogen-bond acceptors (Lipinski definition) is 1. The Balaban J connectivity index is 3.83. The van der Waals surface area contributed by atoms with Crippen molar-refractivity contribution in [3.05, 3.63) is 0 Å². The first-order chi connectivity index (χ1) is 16.1. The molecule has 1 unspecified atom stereocenters. The average Bonchev–Trinajstić information content (AvgIpc) is 3.47. The van der Waals surface area contributed by atoms with Crippen molar-refractivity contribution in [2.75, 3.05) is 6.61 Å². The van der Waals surface area contributed by atoms with E-state index in [1.54, 1.807) is 0 Å². The summed E-state index contributed by atoms with van der Waals surface area (Å²) in [6.45, 7) is 0.697. The van der Waals surface area contributed by atoms with Gasteiger partial charge in [0.1, 0.15) is 30.2 Å². The molecule has 1 rings (SSSR count). The highest BCUT2D eigenvalue weighted by Gasteiger charge is 2.81. The lowest BCUT2D eigenvalue weighted by Crippen LogP contribution is -2.72. The van der Waals surface area contributed by atoms with Crippen molar-refractivity contribution in [3.8, 4) is 0 Å². The molecular weight excluding hydrogens is 2020 g/mol. The smallest absolute Gasteiger partial charge is 0.155 e. The average molecular weight is 2030 g/mol. The molecular formula is C14H5Br23O. The summed E-state index contributed by atoms with van der Waals surface area (Å²) in [6, 6.07) is 0. The van der Waals surface area contributed by atoms with Gasteiger partial charge in [-0.3, -0.25) is 0 Å². The first-order valence-corrected chi connectivity index (χ1v) is 26.8. The van der Waals surface area contributed by atoms with Crippen molar-refractivity contribution in [1.29, 1.82) is 0 Å². The fourth-order valence-corrected chi connectivity index (χ4v) is 29.0. The Labute approximate surface area is 415 Å². The van der Waals surface area contributed by atoms with E-state index in [1.807, 2.05) is 0 Å². The summed E-state index contributed by atoms with van der Waals surface area (Å²) in [5.74, 6) is 0. The summed E-state index contributed by atoms with van der Waals surface area (Å²) in [6.07, 6.45) is 0.766. The van der Waals surface area contributed by atoms with Gasteiger partial charge in [0, 0.05) is 6.42 Å². The van der Waals surface area contributed by atoms with Crippen LogP contribution in [0.2, 0.25) is 0 Å². The van der Waals surface area contributed by atoms with Crippen LogP contribution in [0.25, 0.3) is 0 Å². The van der Waals surface area contributed by atoms with Crippen molar-refractivity contribution >= 4 is 366 Å². The van der Waals surface area contributed by atoms with E-state index in [0.29, 0.717) is 13.0 Å². The van der Waals surface area contributed by atoms with E-state index >= 15 is 0 Å². The maximum atomic E-state index is 5.49. The molecule has 24 heteroatoms. The van der Waals surface area contributed by atoms with Crippen LogP contribution in [0.4, 0.5) is 0 Å². The Bertz CT molecular complexity index is 860.